The minimum atomic E-state index is -0.315. The second-order valence-corrected chi connectivity index (χ2v) is 6.19. The van der Waals surface area contributed by atoms with Crippen molar-refractivity contribution in [2.24, 2.45) is 0 Å². The van der Waals surface area contributed by atoms with Gasteiger partial charge in [-0.25, -0.2) is 9.37 Å². The van der Waals surface area contributed by atoms with Crippen molar-refractivity contribution >= 4 is 22.9 Å². The lowest BCUT2D eigenvalue weighted by molar-refractivity contribution is 0.623. The van der Waals surface area contributed by atoms with Gasteiger partial charge in [0.2, 0.25) is 0 Å². The summed E-state index contributed by atoms with van der Waals surface area (Å²) >= 11 is 7.88. The van der Waals surface area contributed by atoms with E-state index >= 15 is 0 Å². The first-order chi connectivity index (χ1) is 9.19. The Bertz CT molecular complexity index is 590. The van der Waals surface area contributed by atoms with Gasteiger partial charge >= 0.3 is 0 Å². The molecule has 0 radical (unpaired) electrons. The molecule has 1 aliphatic carbocycles. The van der Waals surface area contributed by atoms with E-state index in [0.717, 1.165) is 23.4 Å². The van der Waals surface area contributed by atoms with Gasteiger partial charge in [0.05, 0.1) is 11.7 Å². The Balaban J connectivity index is 1.99. The van der Waals surface area contributed by atoms with Gasteiger partial charge in [-0.15, -0.1) is 11.3 Å². The summed E-state index contributed by atoms with van der Waals surface area (Å²) in [6.45, 7) is 0. The molecule has 0 fully saturated rings. The van der Waals surface area contributed by atoms with Crippen LogP contribution >= 0.6 is 22.9 Å². The fourth-order valence-corrected chi connectivity index (χ4v) is 4.04. The molecule has 1 aromatic carbocycles. The SMILES string of the molecule is CNC(c1nc2c(s1)CCC2)c1ccc(F)cc1Cl. The Kier molecular flexibility index (Phi) is 3.56. The molecule has 100 valence electrons. The Morgan fingerprint density at radius 1 is 1.42 bits per heavy atom. The number of halogens is 2. The Labute approximate surface area is 120 Å². The highest BCUT2D eigenvalue weighted by atomic mass is 35.5. The molecule has 1 aromatic heterocycles. The zero-order valence-corrected chi connectivity index (χ0v) is 12.1. The second-order valence-electron chi connectivity index (χ2n) is 4.66. The number of nitrogens with one attached hydrogen (secondary N) is 1. The molecule has 0 spiro atoms. The molecule has 1 aliphatic rings. The summed E-state index contributed by atoms with van der Waals surface area (Å²) in [5.74, 6) is -0.315. The zero-order valence-electron chi connectivity index (χ0n) is 10.5. The normalized spacial score (nSPS) is 15.5. The maximum atomic E-state index is 13.1. The van der Waals surface area contributed by atoms with Crippen LogP contribution in [0.1, 0.15) is 33.6 Å². The van der Waals surface area contributed by atoms with E-state index in [1.807, 2.05) is 7.05 Å². The summed E-state index contributed by atoms with van der Waals surface area (Å²) in [5.41, 5.74) is 2.09. The monoisotopic (exact) mass is 296 g/mol. The van der Waals surface area contributed by atoms with E-state index in [2.05, 4.69) is 5.32 Å². The molecule has 1 atom stereocenters. The number of benzene rings is 1. The zero-order chi connectivity index (χ0) is 13.4. The summed E-state index contributed by atoms with van der Waals surface area (Å²) < 4.78 is 13.1. The summed E-state index contributed by atoms with van der Waals surface area (Å²) in [5, 5.41) is 4.68. The van der Waals surface area contributed by atoms with Crippen LogP contribution in [0.2, 0.25) is 5.02 Å². The van der Waals surface area contributed by atoms with E-state index in [0.29, 0.717) is 5.02 Å². The van der Waals surface area contributed by atoms with Gasteiger partial charge in [-0.1, -0.05) is 17.7 Å². The third-order valence-corrected chi connectivity index (χ3v) is 4.97. The molecule has 0 saturated carbocycles. The lowest BCUT2D eigenvalue weighted by Crippen LogP contribution is -2.18. The van der Waals surface area contributed by atoms with Crippen LogP contribution in [0.25, 0.3) is 0 Å². The van der Waals surface area contributed by atoms with Gasteiger partial charge in [-0.3, -0.25) is 0 Å². The Hall–Kier alpha value is -0.970. The van der Waals surface area contributed by atoms with Crippen molar-refractivity contribution < 1.29 is 4.39 Å². The predicted octanol–water partition coefficient (Wildman–Crippen LogP) is 3.73. The van der Waals surface area contributed by atoms with Crippen LogP contribution in [0.4, 0.5) is 4.39 Å². The van der Waals surface area contributed by atoms with Gasteiger partial charge in [0.1, 0.15) is 10.8 Å². The second kappa shape index (κ2) is 5.19. The van der Waals surface area contributed by atoms with Crippen molar-refractivity contribution in [3.05, 3.63) is 50.2 Å². The number of aromatic nitrogens is 1. The first kappa shape index (κ1) is 13.0. The summed E-state index contributed by atoms with van der Waals surface area (Å²) in [6, 6.07) is 4.45. The number of nitrogens with zero attached hydrogens (tertiary/aromatic N) is 1. The smallest absolute Gasteiger partial charge is 0.124 e. The third kappa shape index (κ3) is 2.40. The van der Waals surface area contributed by atoms with Crippen molar-refractivity contribution in [2.45, 2.75) is 25.3 Å². The topological polar surface area (TPSA) is 24.9 Å². The lowest BCUT2D eigenvalue weighted by atomic mass is 10.1. The maximum absolute atomic E-state index is 13.1. The van der Waals surface area contributed by atoms with E-state index in [1.54, 1.807) is 17.4 Å². The molecule has 5 heteroatoms. The maximum Gasteiger partial charge on any atom is 0.124 e. The van der Waals surface area contributed by atoms with Crippen LogP contribution in [0.3, 0.4) is 0 Å². The largest absolute Gasteiger partial charge is 0.307 e. The fraction of sp³-hybridized carbons (Fsp3) is 0.357. The molecule has 2 aromatic rings. The minimum Gasteiger partial charge on any atom is -0.307 e. The van der Waals surface area contributed by atoms with Crippen molar-refractivity contribution in [1.29, 1.82) is 0 Å². The number of thiazole rings is 1. The summed E-state index contributed by atoms with van der Waals surface area (Å²) in [7, 11) is 1.87. The molecule has 1 N–H and O–H groups in total. The average Bonchev–Trinajstić information content (AvgIpc) is 2.93. The molecular weight excluding hydrogens is 283 g/mol. The predicted molar refractivity (Wildman–Crippen MR) is 76.5 cm³/mol. The molecule has 1 unspecified atom stereocenters. The number of fused-ring (bicyclic) bond motifs is 1. The minimum absolute atomic E-state index is 0.0660. The van der Waals surface area contributed by atoms with Crippen molar-refractivity contribution in [3.63, 3.8) is 0 Å². The first-order valence-electron chi connectivity index (χ1n) is 6.29. The fourth-order valence-electron chi connectivity index (χ4n) is 2.48. The van der Waals surface area contributed by atoms with Crippen molar-refractivity contribution in [2.75, 3.05) is 7.05 Å². The van der Waals surface area contributed by atoms with Gasteiger partial charge < -0.3 is 5.32 Å². The van der Waals surface area contributed by atoms with Gasteiger partial charge in [0.25, 0.3) is 0 Å². The van der Waals surface area contributed by atoms with Crippen LogP contribution in [-0.2, 0) is 12.8 Å². The Morgan fingerprint density at radius 2 is 2.26 bits per heavy atom. The molecule has 19 heavy (non-hydrogen) atoms. The summed E-state index contributed by atoms with van der Waals surface area (Å²) in [4.78, 5) is 6.09. The molecule has 0 amide bonds. The van der Waals surface area contributed by atoms with Crippen LogP contribution in [0, 0.1) is 5.82 Å². The summed E-state index contributed by atoms with van der Waals surface area (Å²) in [6.07, 6.45) is 3.40. The van der Waals surface area contributed by atoms with E-state index in [9.17, 15) is 4.39 Å². The van der Waals surface area contributed by atoms with Gasteiger partial charge in [0, 0.05) is 9.90 Å². The quantitative estimate of drug-likeness (QED) is 0.933. The van der Waals surface area contributed by atoms with E-state index < -0.39 is 0 Å². The van der Waals surface area contributed by atoms with Gasteiger partial charge in [-0.2, -0.15) is 0 Å². The highest BCUT2D eigenvalue weighted by Crippen LogP contribution is 2.35. The standard InChI is InChI=1S/C14H14ClFN2S/c1-17-13(9-6-5-8(16)7-10(9)15)14-18-11-3-2-4-12(11)19-14/h5-7,13,17H,2-4H2,1H3. The van der Waals surface area contributed by atoms with Crippen LogP contribution in [-0.4, -0.2) is 12.0 Å². The third-order valence-electron chi connectivity index (χ3n) is 3.42. The van der Waals surface area contributed by atoms with Crippen molar-refractivity contribution in [1.82, 2.24) is 10.3 Å². The number of rotatable bonds is 3. The highest BCUT2D eigenvalue weighted by molar-refractivity contribution is 7.11. The van der Waals surface area contributed by atoms with E-state index in [1.165, 1.54) is 29.1 Å². The molecule has 2 nitrogen and oxygen atoms in total. The Morgan fingerprint density at radius 3 is 2.95 bits per heavy atom. The first-order valence-corrected chi connectivity index (χ1v) is 7.49. The molecule has 0 bridgehead atoms. The number of aryl methyl sites for hydroxylation is 2. The molecule has 0 aliphatic heterocycles. The number of hydrogen-bond donors (Lipinski definition) is 1. The van der Waals surface area contributed by atoms with E-state index in [4.69, 9.17) is 16.6 Å². The van der Waals surface area contributed by atoms with Crippen LogP contribution in [0.15, 0.2) is 18.2 Å². The molecule has 1 heterocycles. The molecule has 0 saturated heterocycles. The van der Waals surface area contributed by atoms with Gasteiger partial charge in [-0.05, 0) is 44.0 Å². The molecule has 3 rings (SSSR count). The van der Waals surface area contributed by atoms with Crippen LogP contribution < -0.4 is 5.32 Å². The lowest BCUT2D eigenvalue weighted by Gasteiger charge is -2.15. The number of hydrogen-bond acceptors (Lipinski definition) is 3. The van der Waals surface area contributed by atoms with Crippen molar-refractivity contribution in [3.8, 4) is 0 Å². The van der Waals surface area contributed by atoms with Gasteiger partial charge in [0.15, 0.2) is 0 Å². The average molecular weight is 297 g/mol. The van der Waals surface area contributed by atoms with Crippen LogP contribution in [0.5, 0.6) is 0 Å². The van der Waals surface area contributed by atoms with E-state index in [-0.39, 0.29) is 11.9 Å². The molecular formula is C14H14ClFN2S. The highest BCUT2D eigenvalue weighted by Gasteiger charge is 2.23.